The molecular weight excluding hydrogens is 489 g/mol. The second kappa shape index (κ2) is 9.12. The van der Waals surface area contributed by atoms with Gasteiger partial charge >= 0.3 is 5.97 Å². The van der Waals surface area contributed by atoms with Crippen molar-refractivity contribution >= 4 is 35.0 Å². The molecule has 0 bridgehead atoms. The highest BCUT2D eigenvalue weighted by Crippen LogP contribution is 2.47. The molecule has 1 N–H and O–H groups in total. The van der Waals surface area contributed by atoms with Crippen LogP contribution in [0.2, 0.25) is 10.0 Å². The van der Waals surface area contributed by atoms with Crippen molar-refractivity contribution in [2.24, 2.45) is 11.8 Å². The van der Waals surface area contributed by atoms with Gasteiger partial charge in [0.15, 0.2) is 5.69 Å². The fourth-order valence-corrected chi connectivity index (χ4v) is 6.11. The number of carboxylic acid groups (broad SMARTS) is 1. The van der Waals surface area contributed by atoms with Crippen LogP contribution < -0.4 is 4.90 Å². The third-order valence-corrected chi connectivity index (χ3v) is 8.04. The zero-order chi connectivity index (χ0) is 24.1. The number of aromatic nitrogens is 2. The van der Waals surface area contributed by atoms with Crippen LogP contribution in [0.3, 0.4) is 0 Å². The Morgan fingerprint density at radius 2 is 1.77 bits per heavy atom. The number of nitrogens with zero attached hydrogens (tertiary/aromatic N) is 3. The second-order valence-corrected chi connectivity index (χ2v) is 10.6. The van der Waals surface area contributed by atoms with Crippen LogP contribution >= 0.6 is 23.2 Å². The topological polar surface area (TPSA) is 88.7 Å². The summed E-state index contributed by atoms with van der Waals surface area (Å²) in [5.74, 6) is 2.01. The van der Waals surface area contributed by atoms with Crippen LogP contribution in [0.4, 0.5) is 5.82 Å². The van der Waals surface area contributed by atoms with Gasteiger partial charge in [-0.2, -0.15) is 0 Å². The van der Waals surface area contributed by atoms with Crippen LogP contribution in [0, 0.1) is 11.8 Å². The number of carboxylic acids is 1. The van der Waals surface area contributed by atoms with Crippen molar-refractivity contribution in [3.63, 3.8) is 0 Å². The van der Waals surface area contributed by atoms with Crippen molar-refractivity contribution < 1.29 is 19.2 Å². The van der Waals surface area contributed by atoms with Crippen molar-refractivity contribution in [2.45, 2.75) is 44.3 Å². The Labute approximate surface area is 213 Å². The van der Waals surface area contributed by atoms with Crippen LogP contribution in [0.1, 0.15) is 53.4 Å². The van der Waals surface area contributed by atoms with Crippen LogP contribution in [-0.4, -0.2) is 40.4 Å². The molecule has 6 rings (SSSR count). The van der Waals surface area contributed by atoms with Gasteiger partial charge < -0.3 is 19.3 Å². The summed E-state index contributed by atoms with van der Waals surface area (Å²) in [7, 11) is 0. The van der Waals surface area contributed by atoms with E-state index >= 15 is 0 Å². The summed E-state index contributed by atoms with van der Waals surface area (Å²) >= 11 is 12.9. The zero-order valence-electron chi connectivity index (χ0n) is 19.0. The summed E-state index contributed by atoms with van der Waals surface area (Å²) in [4.78, 5) is 17.8. The predicted octanol–water partition coefficient (Wildman–Crippen LogP) is 6.05. The zero-order valence-corrected chi connectivity index (χ0v) is 20.5. The third kappa shape index (κ3) is 4.41. The number of aromatic carboxylic acids is 1. The molecule has 0 amide bonds. The molecule has 3 fully saturated rings. The van der Waals surface area contributed by atoms with Gasteiger partial charge in [0.2, 0.25) is 0 Å². The molecule has 7 nitrogen and oxygen atoms in total. The van der Waals surface area contributed by atoms with E-state index in [0.29, 0.717) is 45.7 Å². The number of ether oxygens (including phenoxy) is 1. The number of halogens is 2. The summed E-state index contributed by atoms with van der Waals surface area (Å²) in [6.45, 7) is 2.14. The molecular formula is C26H25Cl2N3O4. The highest BCUT2D eigenvalue weighted by molar-refractivity contribution is 6.39. The Bertz CT molecular complexity index is 1240. The molecule has 3 atom stereocenters. The predicted molar refractivity (Wildman–Crippen MR) is 132 cm³/mol. The van der Waals surface area contributed by atoms with Crippen molar-refractivity contribution in [3.05, 3.63) is 63.5 Å². The Balaban J connectivity index is 1.14. The van der Waals surface area contributed by atoms with E-state index in [4.69, 9.17) is 32.5 Å². The normalized spacial score (nSPS) is 23.6. The molecule has 3 heterocycles. The Morgan fingerprint density at radius 1 is 1.09 bits per heavy atom. The lowest BCUT2D eigenvalue weighted by Crippen LogP contribution is -2.24. The Morgan fingerprint density at radius 3 is 2.43 bits per heavy atom. The van der Waals surface area contributed by atoms with E-state index in [1.165, 1.54) is 6.07 Å². The van der Waals surface area contributed by atoms with Crippen LogP contribution in [0.15, 0.2) is 40.9 Å². The summed E-state index contributed by atoms with van der Waals surface area (Å²) in [6.07, 6.45) is 4.27. The molecule has 0 spiro atoms. The number of carbonyl (C=O) groups is 1. The number of hydrogen-bond acceptors (Lipinski definition) is 6. The maximum Gasteiger partial charge on any atom is 0.354 e. The highest BCUT2D eigenvalue weighted by Gasteiger charge is 2.42. The summed E-state index contributed by atoms with van der Waals surface area (Å²) in [6, 6.07) is 10.6. The maximum absolute atomic E-state index is 11.3. The summed E-state index contributed by atoms with van der Waals surface area (Å²) in [5.41, 5.74) is 2.41. The highest BCUT2D eigenvalue weighted by atomic mass is 35.5. The minimum Gasteiger partial charge on any atom is -0.477 e. The molecule has 1 aliphatic heterocycles. The van der Waals surface area contributed by atoms with Gasteiger partial charge in [0.05, 0.1) is 22.8 Å². The molecule has 3 aliphatic rings. The molecule has 3 aromatic rings. The van der Waals surface area contributed by atoms with Gasteiger partial charge in [-0.25, -0.2) is 9.78 Å². The lowest BCUT2D eigenvalue weighted by atomic mass is 10.0. The Hall–Kier alpha value is -2.61. The molecule has 2 aromatic heterocycles. The fraction of sp³-hybridized carbons (Fsp3) is 0.423. The van der Waals surface area contributed by atoms with Gasteiger partial charge in [-0.3, -0.25) is 0 Å². The number of fused-ring (bicyclic) bond motifs is 1. The van der Waals surface area contributed by atoms with Gasteiger partial charge in [0.1, 0.15) is 17.3 Å². The molecule has 1 saturated heterocycles. The van der Waals surface area contributed by atoms with Gasteiger partial charge in [0, 0.05) is 30.1 Å². The quantitative estimate of drug-likeness (QED) is 0.411. The minimum atomic E-state index is -1.00. The van der Waals surface area contributed by atoms with E-state index in [0.717, 1.165) is 55.9 Å². The van der Waals surface area contributed by atoms with Gasteiger partial charge in [-0.1, -0.05) is 40.5 Å². The summed E-state index contributed by atoms with van der Waals surface area (Å²) in [5, 5.41) is 14.7. The van der Waals surface area contributed by atoms with E-state index in [1.54, 1.807) is 6.07 Å². The average molecular weight is 514 g/mol. The summed E-state index contributed by atoms with van der Waals surface area (Å²) < 4.78 is 12.2. The first-order valence-electron chi connectivity index (χ1n) is 12.0. The monoisotopic (exact) mass is 513 g/mol. The number of hydrogen-bond donors (Lipinski definition) is 1. The number of benzene rings is 1. The number of anilines is 1. The van der Waals surface area contributed by atoms with E-state index in [-0.39, 0.29) is 11.8 Å². The molecule has 35 heavy (non-hydrogen) atoms. The van der Waals surface area contributed by atoms with Crippen LogP contribution in [0.25, 0.3) is 11.3 Å². The van der Waals surface area contributed by atoms with Crippen LogP contribution in [-0.2, 0) is 11.3 Å². The van der Waals surface area contributed by atoms with Crippen molar-refractivity contribution in [1.82, 2.24) is 10.1 Å². The van der Waals surface area contributed by atoms with Crippen molar-refractivity contribution in [1.29, 1.82) is 0 Å². The lowest BCUT2D eigenvalue weighted by Gasteiger charge is -2.20. The molecule has 0 radical (unpaired) electrons. The molecule has 1 aromatic carbocycles. The second-order valence-electron chi connectivity index (χ2n) is 9.76. The Kier molecular flexibility index (Phi) is 5.95. The molecule has 2 saturated carbocycles. The lowest BCUT2D eigenvalue weighted by molar-refractivity contribution is 0.0402. The smallest absolute Gasteiger partial charge is 0.354 e. The largest absolute Gasteiger partial charge is 0.477 e. The molecule has 2 aliphatic carbocycles. The molecule has 0 unspecified atom stereocenters. The number of pyridine rings is 1. The van der Waals surface area contributed by atoms with Gasteiger partial charge in [-0.15, -0.1) is 0 Å². The van der Waals surface area contributed by atoms with E-state index < -0.39 is 5.97 Å². The molecule has 182 valence electrons. The fourth-order valence-electron chi connectivity index (χ4n) is 5.54. The van der Waals surface area contributed by atoms with Crippen molar-refractivity contribution in [3.8, 4) is 11.3 Å². The third-order valence-electron chi connectivity index (χ3n) is 7.41. The van der Waals surface area contributed by atoms with Crippen molar-refractivity contribution in [2.75, 3.05) is 18.0 Å². The molecule has 9 heteroatoms. The minimum absolute atomic E-state index is 0.0791. The average Bonchev–Trinajstić information content (AvgIpc) is 3.30. The van der Waals surface area contributed by atoms with Gasteiger partial charge in [0.25, 0.3) is 0 Å². The standard InChI is InChI=1S/C26H25Cl2N3O4/c27-19-3-1-4-20(28)23(19)24-18(25(35-30-24)14-7-8-14)13-34-17-9-15-11-31(12-16(15)10-17)22-6-2-5-21(29-22)26(32)33/h1-6,14-17H,7-13H2,(H,32,33)/t15-,16+,17+. The van der Waals surface area contributed by atoms with E-state index in [1.807, 2.05) is 24.3 Å². The van der Waals surface area contributed by atoms with Gasteiger partial charge in [-0.05, 0) is 61.8 Å². The maximum atomic E-state index is 11.3. The van der Waals surface area contributed by atoms with Crippen LogP contribution in [0.5, 0.6) is 0 Å². The van der Waals surface area contributed by atoms with E-state index in [9.17, 15) is 9.90 Å². The first kappa shape index (κ1) is 22.8. The number of rotatable bonds is 7. The van der Waals surface area contributed by atoms with E-state index in [2.05, 4.69) is 15.0 Å². The SMILES string of the molecule is O=C(O)c1cccc(N2C[C@H]3C[C@H](OCc4c(-c5c(Cl)cccc5Cl)noc4C4CC4)C[C@H]3C2)n1. The first-order valence-corrected chi connectivity index (χ1v) is 12.7. The first-order chi connectivity index (χ1) is 17.0.